The van der Waals surface area contributed by atoms with Crippen molar-refractivity contribution in [1.29, 1.82) is 0 Å². The van der Waals surface area contributed by atoms with Crippen molar-refractivity contribution in [3.05, 3.63) is 12.7 Å². The van der Waals surface area contributed by atoms with Crippen molar-refractivity contribution in [2.45, 2.75) is 38.5 Å². The van der Waals surface area contributed by atoms with Crippen molar-refractivity contribution in [2.75, 3.05) is 13.6 Å². The van der Waals surface area contributed by atoms with Gasteiger partial charge in [0.1, 0.15) is 0 Å². The van der Waals surface area contributed by atoms with Crippen molar-refractivity contribution in [1.82, 2.24) is 5.32 Å². The van der Waals surface area contributed by atoms with E-state index in [1.165, 1.54) is 45.1 Å². The number of hydrogen-bond acceptors (Lipinski definition) is 1. The molecule has 0 aliphatic heterocycles. The third kappa shape index (κ3) is 9.70. The lowest BCUT2D eigenvalue weighted by molar-refractivity contribution is 0.600. The molecule has 0 saturated carbocycles. The maximum absolute atomic E-state index is 3.70. The number of unbranched alkanes of at least 4 members (excludes halogenated alkanes) is 5. The molecule has 0 radical (unpaired) electrons. The molecule has 0 atom stereocenters. The third-order valence-electron chi connectivity index (χ3n) is 1.84. The van der Waals surface area contributed by atoms with Crippen molar-refractivity contribution >= 4 is 0 Å². The molecule has 0 aromatic carbocycles. The number of nitrogens with one attached hydrogen (secondary N) is 1. The van der Waals surface area contributed by atoms with Gasteiger partial charge in [-0.25, -0.2) is 0 Å². The average Bonchev–Trinajstić information content (AvgIpc) is 2.03. The maximum atomic E-state index is 3.70. The van der Waals surface area contributed by atoms with Crippen LogP contribution >= 0.6 is 0 Å². The summed E-state index contributed by atoms with van der Waals surface area (Å²) in [6, 6.07) is 0. The Kier molecular flexibility index (Phi) is 9.44. The Morgan fingerprint density at radius 1 is 1.09 bits per heavy atom. The van der Waals surface area contributed by atoms with Crippen LogP contribution in [0.2, 0.25) is 0 Å². The topological polar surface area (TPSA) is 12.0 Å². The van der Waals surface area contributed by atoms with Crippen LogP contribution in [0.4, 0.5) is 0 Å². The van der Waals surface area contributed by atoms with Crippen LogP contribution in [0.5, 0.6) is 0 Å². The van der Waals surface area contributed by atoms with Crippen LogP contribution in [0.15, 0.2) is 12.7 Å². The van der Waals surface area contributed by atoms with Gasteiger partial charge in [0.25, 0.3) is 0 Å². The Balaban J connectivity index is 2.74. The molecule has 0 aliphatic carbocycles. The highest BCUT2D eigenvalue weighted by atomic mass is 14.8. The van der Waals surface area contributed by atoms with Crippen LogP contribution in [-0.2, 0) is 0 Å². The summed E-state index contributed by atoms with van der Waals surface area (Å²) in [5, 5.41) is 3.15. The second-order valence-electron chi connectivity index (χ2n) is 2.95. The van der Waals surface area contributed by atoms with Gasteiger partial charge in [0.2, 0.25) is 0 Å². The molecule has 0 rings (SSSR count). The number of allylic oxidation sites excluding steroid dienone is 1. The summed E-state index contributed by atoms with van der Waals surface area (Å²) in [6.45, 7) is 4.87. The molecule has 1 N–H and O–H groups in total. The summed E-state index contributed by atoms with van der Waals surface area (Å²) in [5.41, 5.74) is 0. The van der Waals surface area contributed by atoms with E-state index in [9.17, 15) is 0 Å². The van der Waals surface area contributed by atoms with Crippen LogP contribution in [0, 0.1) is 0 Å². The largest absolute Gasteiger partial charge is 0.320 e. The van der Waals surface area contributed by atoms with Crippen molar-refractivity contribution in [2.24, 2.45) is 0 Å². The van der Waals surface area contributed by atoms with Crippen molar-refractivity contribution in [3.8, 4) is 0 Å². The highest BCUT2D eigenvalue weighted by Gasteiger charge is 1.87. The first-order valence-electron chi connectivity index (χ1n) is 4.67. The van der Waals surface area contributed by atoms with Gasteiger partial charge in [0.15, 0.2) is 0 Å². The molecular weight excluding hydrogens is 134 g/mol. The third-order valence-corrected chi connectivity index (χ3v) is 1.84. The number of hydrogen-bond donors (Lipinski definition) is 1. The smallest absolute Gasteiger partial charge is 0.00519 e. The molecule has 11 heavy (non-hydrogen) atoms. The lowest BCUT2D eigenvalue weighted by Crippen LogP contribution is -2.06. The molecule has 0 fully saturated rings. The minimum Gasteiger partial charge on any atom is -0.320 e. The standard InChI is InChI=1S/C10H21N/c1-3-4-5-6-7-8-9-10-11-2/h3,11H,1,4-10H2,2H3. The second kappa shape index (κ2) is 9.70. The zero-order valence-corrected chi connectivity index (χ0v) is 7.73. The molecule has 0 saturated heterocycles. The number of rotatable bonds is 8. The van der Waals surface area contributed by atoms with E-state index in [1.54, 1.807) is 0 Å². The van der Waals surface area contributed by atoms with Gasteiger partial charge >= 0.3 is 0 Å². The molecule has 0 aromatic heterocycles. The Labute approximate surface area is 70.9 Å². The molecule has 0 bridgehead atoms. The lowest BCUT2D eigenvalue weighted by atomic mass is 10.1. The van der Waals surface area contributed by atoms with Crippen LogP contribution in [0.25, 0.3) is 0 Å². The van der Waals surface area contributed by atoms with Gasteiger partial charge in [-0.1, -0.05) is 25.3 Å². The summed E-state index contributed by atoms with van der Waals surface area (Å²) in [6.07, 6.45) is 9.97. The van der Waals surface area contributed by atoms with Gasteiger partial charge in [0.05, 0.1) is 0 Å². The summed E-state index contributed by atoms with van der Waals surface area (Å²) in [7, 11) is 2.01. The van der Waals surface area contributed by atoms with Gasteiger partial charge in [-0.05, 0) is 32.9 Å². The zero-order chi connectivity index (χ0) is 8.36. The molecule has 0 unspecified atom stereocenters. The molecule has 0 aromatic rings. The van der Waals surface area contributed by atoms with E-state index in [2.05, 4.69) is 11.9 Å². The molecule has 0 heterocycles. The quantitative estimate of drug-likeness (QED) is 0.420. The van der Waals surface area contributed by atoms with Gasteiger partial charge in [-0.3, -0.25) is 0 Å². The summed E-state index contributed by atoms with van der Waals surface area (Å²) >= 11 is 0. The SMILES string of the molecule is C=CCCCCCCCNC. The first kappa shape index (κ1) is 10.7. The fraction of sp³-hybridized carbons (Fsp3) is 0.800. The Bertz CT molecular complexity index is 78.9. The van der Waals surface area contributed by atoms with E-state index >= 15 is 0 Å². The fourth-order valence-corrected chi connectivity index (χ4v) is 1.12. The first-order chi connectivity index (χ1) is 5.41. The average molecular weight is 155 g/mol. The Morgan fingerprint density at radius 2 is 1.73 bits per heavy atom. The van der Waals surface area contributed by atoms with E-state index in [1.807, 2.05) is 13.1 Å². The van der Waals surface area contributed by atoms with E-state index in [0.717, 1.165) is 0 Å². The fourth-order valence-electron chi connectivity index (χ4n) is 1.12. The van der Waals surface area contributed by atoms with Gasteiger partial charge in [-0.2, -0.15) is 0 Å². The summed E-state index contributed by atoms with van der Waals surface area (Å²) < 4.78 is 0. The predicted molar refractivity (Wildman–Crippen MR) is 51.8 cm³/mol. The molecule has 0 amide bonds. The second-order valence-corrected chi connectivity index (χ2v) is 2.95. The van der Waals surface area contributed by atoms with Crippen molar-refractivity contribution in [3.63, 3.8) is 0 Å². The Hall–Kier alpha value is -0.300. The molecule has 0 aliphatic rings. The van der Waals surface area contributed by atoms with Crippen molar-refractivity contribution < 1.29 is 0 Å². The predicted octanol–water partition coefficient (Wildman–Crippen LogP) is 2.73. The summed E-state index contributed by atoms with van der Waals surface area (Å²) in [5.74, 6) is 0. The minimum absolute atomic E-state index is 1.17. The van der Waals surface area contributed by atoms with E-state index in [0.29, 0.717) is 0 Å². The molecule has 0 spiro atoms. The summed E-state index contributed by atoms with van der Waals surface area (Å²) in [4.78, 5) is 0. The zero-order valence-electron chi connectivity index (χ0n) is 7.73. The highest BCUT2D eigenvalue weighted by Crippen LogP contribution is 2.04. The Morgan fingerprint density at radius 3 is 2.36 bits per heavy atom. The van der Waals surface area contributed by atoms with Crippen LogP contribution in [-0.4, -0.2) is 13.6 Å². The van der Waals surface area contributed by atoms with Crippen LogP contribution < -0.4 is 5.32 Å². The lowest BCUT2D eigenvalue weighted by Gasteiger charge is -1.99. The van der Waals surface area contributed by atoms with E-state index < -0.39 is 0 Å². The highest BCUT2D eigenvalue weighted by molar-refractivity contribution is 4.65. The molecule has 66 valence electrons. The van der Waals surface area contributed by atoms with Gasteiger partial charge < -0.3 is 5.32 Å². The van der Waals surface area contributed by atoms with E-state index in [-0.39, 0.29) is 0 Å². The van der Waals surface area contributed by atoms with Gasteiger partial charge in [0, 0.05) is 0 Å². The minimum atomic E-state index is 1.17. The van der Waals surface area contributed by atoms with Crippen LogP contribution in [0.1, 0.15) is 38.5 Å². The molecule has 1 nitrogen and oxygen atoms in total. The van der Waals surface area contributed by atoms with E-state index in [4.69, 9.17) is 0 Å². The molecule has 1 heteroatoms. The monoisotopic (exact) mass is 155 g/mol. The van der Waals surface area contributed by atoms with Crippen LogP contribution in [0.3, 0.4) is 0 Å². The van der Waals surface area contributed by atoms with Gasteiger partial charge in [-0.15, -0.1) is 6.58 Å². The maximum Gasteiger partial charge on any atom is -0.00519 e. The first-order valence-corrected chi connectivity index (χ1v) is 4.67. The normalized spacial score (nSPS) is 9.91. The molecular formula is C10H21N.